The van der Waals surface area contributed by atoms with Gasteiger partial charge in [0.15, 0.2) is 11.4 Å². The smallest absolute Gasteiger partial charge is 0.276 e. The molecule has 0 bridgehead atoms. The third kappa shape index (κ3) is 4.36. The largest absolute Gasteiger partial charge is 0.360 e. The quantitative estimate of drug-likeness (QED) is 0.399. The van der Waals surface area contributed by atoms with Crippen molar-refractivity contribution < 1.29 is 17.7 Å². The number of hydrogen-bond acceptors (Lipinski definition) is 7. The van der Waals surface area contributed by atoms with E-state index in [1.807, 2.05) is 18.2 Å². The van der Waals surface area contributed by atoms with Gasteiger partial charge >= 0.3 is 0 Å². The number of nitrogens with one attached hydrogen (secondary N) is 1. The van der Waals surface area contributed by atoms with E-state index in [0.29, 0.717) is 59.1 Å². The molecule has 4 aromatic rings. The van der Waals surface area contributed by atoms with Crippen LogP contribution in [0.1, 0.15) is 35.6 Å². The zero-order chi connectivity index (χ0) is 27.5. The lowest BCUT2D eigenvalue weighted by Gasteiger charge is -2.35. The zero-order valence-electron chi connectivity index (χ0n) is 21.5. The van der Waals surface area contributed by atoms with Crippen LogP contribution in [0.4, 0.5) is 0 Å². The molecule has 0 unspecified atom stereocenters. The van der Waals surface area contributed by atoms with E-state index < -0.39 is 10.0 Å². The molecule has 1 amide bonds. The Kier molecular flexibility index (Phi) is 6.35. The van der Waals surface area contributed by atoms with Crippen molar-refractivity contribution in [2.75, 3.05) is 19.6 Å². The van der Waals surface area contributed by atoms with Gasteiger partial charge in [-0.3, -0.25) is 14.7 Å². The highest BCUT2D eigenvalue weighted by molar-refractivity contribution is 7.89. The molecule has 0 atom stereocenters. The van der Waals surface area contributed by atoms with Crippen molar-refractivity contribution >= 4 is 33.2 Å². The van der Waals surface area contributed by atoms with Gasteiger partial charge in [-0.2, -0.15) is 4.31 Å². The predicted molar refractivity (Wildman–Crippen MR) is 143 cm³/mol. The molecule has 0 saturated carbocycles. The summed E-state index contributed by atoms with van der Waals surface area (Å²) in [5, 5.41) is 7.43. The molecular weight excluding hydrogens is 544 g/mol. The molecule has 39 heavy (non-hydrogen) atoms. The fraction of sp³-hybridized carbons (Fsp3) is 0.385. The average Bonchev–Trinajstić information content (AvgIpc) is 3.51. The summed E-state index contributed by atoms with van der Waals surface area (Å²) in [6.07, 6.45) is 1.23. The number of aromatic amines is 1. The number of rotatable bonds is 4. The van der Waals surface area contributed by atoms with Gasteiger partial charge in [-0.1, -0.05) is 35.0 Å². The number of carbonyl (C=O) groups is 1. The maximum absolute atomic E-state index is 13.4. The fourth-order valence-corrected chi connectivity index (χ4v) is 7.57. The molecule has 0 aliphatic carbocycles. The van der Waals surface area contributed by atoms with Gasteiger partial charge in [0.1, 0.15) is 10.6 Å². The third-order valence-corrected chi connectivity index (χ3v) is 10.1. The molecule has 1 aromatic carbocycles. The molecule has 6 rings (SSSR count). The normalized spacial score (nSPS) is 17.1. The molecule has 1 saturated heterocycles. The van der Waals surface area contributed by atoms with Crippen LogP contribution < -0.4 is 5.56 Å². The monoisotopic (exact) mass is 570 g/mol. The van der Waals surface area contributed by atoms with Crippen molar-refractivity contribution in [2.45, 2.75) is 44.6 Å². The first-order valence-corrected chi connectivity index (χ1v) is 14.6. The number of aryl methyl sites for hydroxylation is 2. The summed E-state index contributed by atoms with van der Waals surface area (Å²) in [5.74, 6) is -0.0777. The van der Waals surface area contributed by atoms with Gasteiger partial charge in [0.25, 0.3) is 5.56 Å². The molecule has 2 aliphatic rings. The second-order valence-corrected chi connectivity index (χ2v) is 12.3. The number of fused-ring (bicyclic) bond motifs is 2. The highest BCUT2D eigenvalue weighted by atomic mass is 35.5. The van der Waals surface area contributed by atoms with Crippen LogP contribution in [0.3, 0.4) is 0 Å². The van der Waals surface area contributed by atoms with E-state index in [0.717, 1.165) is 5.56 Å². The minimum Gasteiger partial charge on any atom is -0.360 e. The highest BCUT2D eigenvalue weighted by Crippen LogP contribution is 2.30. The van der Waals surface area contributed by atoms with Crippen LogP contribution in [-0.2, 0) is 27.8 Å². The standard InChI is InChI=1S/C26H27ClN6O5S/c1-15-24(16(2)38-30-15)39(36,37)32-11-7-17(8-12-32)25(34)31-10-9-19-22(14-31)28-23-13-21(29-33(23)26(19)35)18-5-3-4-6-20(18)27/h3-6,13,17,29H,7-12,14H2,1-2H3. The topological polar surface area (TPSA) is 134 Å². The van der Waals surface area contributed by atoms with Crippen LogP contribution in [0, 0.1) is 19.8 Å². The van der Waals surface area contributed by atoms with Crippen LogP contribution in [0.15, 0.2) is 44.5 Å². The van der Waals surface area contributed by atoms with Gasteiger partial charge < -0.3 is 9.42 Å². The van der Waals surface area contributed by atoms with Gasteiger partial charge in [-0.05, 0) is 39.2 Å². The highest BCUT2D eigenvalue weighted by Gasteiger charge is 2.37. The molecule has 1 N–H and O–H groups in total. The maximum Gasteiger partial charge on any atom is 0.276 e. The summed E-state index contributed by atoms with van der Waals surface area (Å²) in [7, 11) is -3.75. The minimum absolute atomic E-state index is 0.0390. The first-order chi connectivity index (χ1) is 18.6. The Labute approximate surface area is 229 Å². The minimum atomic E-state index is -3.75. The third-order valence-electron chi connectivity index (χ3n) is 7.61. The number of halogens is 1. The molecule has 11 nitrogen and oxygen atoms in total. The summed E-state index contributed by atoms with van der Waals surface area (Å²) in [6.45, 7) is 4.31. The second kappa shape index (κ2) is 9.61. The molecular formula is C26H27ClN6O5S. The molecule has 2 aliphatic heterocycles. The number of nitrogens with zero attached hydrogens (tertiary/aromatic N) is 5. The van der Waals surface area contributed by atoms with Gasteiger partial charge in [0.05, 0.1) is 17.9 Å². The van der Waals surface area contributed by atoms with Crippen molar-refractivity contribution in [1.82, 2.24) is 29.0 Å². The lowest BCUT2D eigenvalue weighted by molar-refractivity contribution is -0.137. The number of sulfonamides is 1. The van der Waals surface area contributed by atoms with Gasteiger partial charge in [0, 0.05) is 47.8 Å². The van der Waals surface area contributed by atoms with E-state index in [-0.39, 0.29) is 47.7 Å². The Bertz CT molecular complexity index is 1750. The van der Waals surface area contributed by atoms with Crippen LogP contribution in [-0.4, -0.2) is 62.9 Å². The second-order valence-electron chi connectivity index (χ2n) is 10.0. The van der Waals surface area contributed by atoms with Crippen LogP contribution >= 0.6 is 11.6 Å². The number of H-pyrrole nitrogens is 1. The molecule has 3 aromatic heterocycles. The molecule has 0 radical (unpaired) electrons. The summed E-state index contributed by atoms with van der Waals surface area (Å²) >= 11 is 6.34. The van der Waals surface area contributed by atoms with E-state index in [9.17, 15) is 18.0 Å². The molecule has 0 spiro atoms. The van der Waals surface area contributed by atoms with Crippen molar-refractivity contribution in [3.8, 4) is 11.3 Å². The number of hydrogen-bond donors (Lipinski definition) is 1. The predicted octanol–water partition coefficient (Wildman–Crippen LogP) is 2.93. The van der Waals surface area contributed by atoms with E-state index in [1.165, 1.54) is 8.82 Å². The Balaban J connectivity index is 1.18. The average molecular weight is 571 g/mol. The number of benzene rings is 1. The number of piperidine rings is 1. The van der Waals surface area contributed by atoms with Gasteiger partial charge in [0.2, 0.25) is 15.9 Å². The first kappa shape index (κ1) is 25.8. The zero-order valence-corrected chi connectivity index (χ0v) is 23.0. The van der Waals surface area contributed by atoms with Crippen LogP contribution in [0.5, 0.6) is 0 Å². The molecule has 1 fully saturated rings. The van der Waals surface area contributed by atoms with E-state index in [4.69, 9.17) is 21.1 Å². The summed E-state index contributed by atoms with van der Waals surface area (Å²) < 4.78 is 34.1. The van der Waals surface area contributed by atoms with Crippen molar-refractivity contribution in [2.24, 2.45) is 5.92 Å². The Morgan fingerprint density at radius 3 is 2.59 bits per heavy atom. The molecule has 5 heterocycles. The number of amides is 1. The van der Waals surface area contributed by atoms with Crippen molar-refractivity contribution in [1.29, 1.82) is 0 Å². The lowest BCUT2D eigenvalue weighted by Crippen LogP contribution is -2.46. The van der Waals surface area contributed by atoms with Gasteiger partial charge in [-0.25, -0.2) is 17.9 Å². The van der Waals surface area contributed by atoms with Crippen molar-refractivity contribution in [3.05, 3.63) is 68.4 Å². The number of aromatic nitrogens is 4. The Morgan fingerprint density at radius 1 is 1.15 bits per heavy atom. The summed E-state index contributed by atoms with van der Waals surface area (Å²) in [4.78, 5) is 33.2. The molecule has 13 heteroatoms. The van der Waals surface area contributed by atoms with Gasteiger partial charge in [-0.15, -0.1) is 0 Å². The van der Waals surface area contributed by atoms with Crippen LogP contribution in [0.25, 0.3) is 16.9 Å². The number of carbonyl (C=O) groups excluding carboxylic acids is 1. The van der Waals surface area contributed by atoms with E-state index in [1.54, 1.807) is 30.9 Å². The first-order valence-electron chi connectivity index (χ1n) is 12.8. The van der Waals surface area contributed by atoms with Crippen molar-refractivity contribution in [3.63, 3.8) is 0 Å². The van der Waals surface area contributed by atoms with E-state index in [2.05, 4.69) is 10.3 Å². The molecule has 204 valence electrons. The Hall–Kier alpha value is -3.48. The maximum atomic E-state index is 13.4. The van der Waals surface area contributed by atoms with E-state index >= 15 is 0 Å². The van der Waals surface area contributed by atoms with Crippen LogP contribution in [0.2, 0.25) is 5.02 Å². The summed E-state index contributed by atoms with van der Waals surface area (Å²) in [6, 6.07) is 9.13. The fourth-order valence-electron chi connectivity index (χ4n) is 5.57. The Morgan fingerprint density at radius 2 is 1.90 bits per heavy atom. The lowest BCUT2D eigenvalue weighted by atomic mass is 9.95. The SMILES string of the molecule is Cc1noc(C)c1S(=O)(=O)N1CCC(C(=O)N2CCc3c(nc4cc(-c5ccccc5Cl)[nH]n4c3=O)C2)CC1. The summed E-state index contributed by atoms with van der Waals surface area (Å²) in [5.41, 5.74) is 3.23.